The van der Waals surface area contributed by atoms with Crippen LogP contribution in [0.2, 0.25) is 10.0 Å². The van der Waals surface area contributed by atoms with Gasteiger partial charge in [-0.2, -0.15) is 5.10 Å². The monoisotopic (exact) mass is 309 g/mol. The second kappa shape index (κ2) is 5.66. The zero-order valence-corrected chi connectivity index (χ0v) is 12.7. The molecule has 1 aromatic heterocycles. The van der Waals surface area contributed by atoms with Gasteiger partial charge in [0.1, 0.15) is 0 Å². The van der Waals surface area contributed by atoms with Gasteiger partial charge in [-0.05, 0) is 31.0 Å². The molecule has 0 radical (unpaired) electrons. The number of nitrogen functional groups attached to an aromatic ring is 1. The van der Waals surface area contributed by atoms with E-state index in [1.165, 1.54) is 32.1 Å². The van der Waals surface area contributed by atoms with Crippen molar-refractivity contribution in [1.29, 1.82) is 0 Å². The summed E-state index contributed by atoms with van der Waals surface area (Å²) in [7, 11) is 0. The molecular formula is C15H17Cl2N3. The topological polar surface area (TPSA) is 43.8 Å². The highest BCUT2D eigenvalue weighted by molar-refractivity contribution is 6.35. The number of benzene rings is 1. The molecule has 1 fully saturated rings. The molecule has 2 aromatic rings. The average Bonchev–Trinajstić information content (AvgIpc) is 2.81. The Morgan fingerprint density at radius 2 is 1.90 bits per heavy atom. The van der Waals surface area contributed by atoms with Crippen molar-refractivity contribution in [3.8, 4) is 5.69 Å². The predicted molar refractivity (Wildman–Crippen MR) is 83.8 cm³/mol. The summed E-state index contributed by atoms with van der Waals surface area (Å²) < 4.78 is 1.76. The normalized spacial score (nSPS) is 16.5. The molecule has 0 aliphatic heterocycles. The summed E-state index contributed by atoms with van der Waals surface area (Å²) in [5.74, 6) is 0.482. The average molecular weight is 310 g/mol. The van der Waals surface area contributed by atoms with Crippen LogP contribution in [0.3, 0.4) is 0 Å². The van der Waals surface area contributed by atoms with Gasteiger partial charge in [0.2, 0.25) is 0 Å². The number of nitrogens with two attached hydrogens (primary N) is 1. The summed E-state index contributed by atoms with van der Waals surface area (Å²) in [5.41, 5.74) is 8.71. The highest BCUT2D eigenvalue weighted by atomic mass is 35.5. The molecule has 20 heavy (non-hydrogen) atoms. The minimum absolute atomic E-state index is 0.482. The molecule has 5 heteroatoms. The van der Waals surface area contributed by atoms with E-state index in [2.05, 4.69) is 5.10 Å². The lowest BCUT2D eigenvalue weighted by Gasteiger charge is -2.20. The van der Waals surface area contributed by atoms with Crippen LogP contribution in [-0.2, 0) is 0 Å². The van der Waals surface area contributed by atoms with Crippen LogP contribution in [0.15, 0.2) is 24.4 Å². The lowest BCUT2D eigenvalue weighted by atomic mass is 9.86. The van der Waals surface area contributed by atoms with Crippen LogP contribution in [0.4, 0.5) is 5.69 Å². The molecule has 1 heterocycles. The number of hydrogen-bond donors (Lipinski definition) is 1. The minimum atomic E-state index is 0.482. The fourth-order valence-electron chi connectivity index (χ4n) is 2.88. The third-order valence-electron chi connectivity index (χ3n) is 3.92. The first-order valence-corrected chi connectivity index (χ1v) is 7.71. The van der Waals surface area contributed by atoms with Crippen molar-refractivity contribution in [3.05, 3.63) is 40.1 Å². The Labute approximate surface area is 128 Å². The minimum Gasteiger partial charge on any atom is -0.396 e. The number of hydrogen-bond acceptors (Lipinski definition) is 2. The highest BCUT2D eigenvalue weighted by Crippen LogP contribution is 2.35. The van der Waals surface area contributed by atoms with Crippen LogP contribution in [0.25, 0.3) is 5.69 Å². The Morgan fingerprint density at radius 3 is 2.60 bits per heavy atom. The Hall–Kier alpha value is -1.19. The fourth-order valence-corrected chi connectivity index (χ4v) is 3.38. The van der Waals surface area contributed by atoms with E-state index in [0.717, 1.165) is 17.1 Å². The van der Waals surface area contributed by atoms with Crippen molar-refractivity contribution in [1.82, 2.24) is 9.78 Å². The first-order valence-electron chi connectivity index (χ1n) is 6.95. The summed E-state index contributed by atoms with van der Waals surface area (Å²) in [6.45, 7) is 0. The van der Waals surface area contributed by atoms with Gasteiger partial charge >= 0.3 is 0 Å². The van der Waals surface area contributed by atoms with Crippen LogP contribution in [0, 0.1) is 0 Å². The molecule has 0 unspecified atom stereocenters. The molecule has 106 valence electrons. The van der Waals surface area contributed by atoms with E-state index in [1.54, 1.807) is 16.8 Å². The van der Waals surface area contributed by atoms with E-state index in [4.69, 9.17) is 28.9 Å². The van der Waals surface area contributed by atoms with Gasteiger partial charge in [-0.3, -0.25) is 0 Å². The van der Waals surface area contributed by atoms with Gasteiger partial charge in [-0.25, -0.2) is 4.68 Å². The highest BCUT2D eigenvalue weighted by Gasteiger charge is 2.21. The number of halogens is 2. The first-order chi connectivity index (χ1) is 9.65. The SMILES string of the molecule is Nc1cn(-c2ccc(Cl)cc2Cl)nc1C1CCCCC1. The van der Waals surface area contributed by atoms with Crippen LogP contribution in [0.1, 0.15) is 43.7 Å². The maximum Gasteiger partial charge on any atom is 0.0889 e. The third kappa shape index (κ3) is 2.65. The first kappa shape index (κ1) is 13.8. The molecule has 1 saturated carbocycles. The van der Waals surface area contributed by atoms with Crippen LogP contribution < -0.4 is 5.73 Å². The Morgan fingerprint density at radius 1 is 1.15 bits per heavy atom. The third-order valence-corrected chi connectivity index (χ3v) is 4.46. The summed E-state index contributed by atoms with van der Waals surface area (Å²) >= 11 is 12.1. The molecule has 0 bridgehead atoms. The summed E-state index contributed by atoms with van der Waals surface area (Å²) in [4.78, 5) is 0. The number of rotatable bonds is 2. The van der Waals surface area contributed by atoms with E-state index in [0.29, 0.717) is 16.0 Å². The molecule has 0 amide bonds. The second-order valence-electron chi connectivity index (χ2n) is 5.34. The Balaban J connectivity index is 1.95. The van der Waals surface area contributed by atoms with Gasteiger partial charge < -0.3 is 5.73 Å². The van der Waals surface area contributed by atoms with E-state index in [-0.39, 0.29) is 0 Å². The number of nitrogens with zero attached hydrogens (tertiary/aromatic N) is 2. The Kier molecular flexibility index (Phi) is 3.90. The maximum atomic E-state index is 6.23. The van der Waals surface area contributed by atoms with Crippen LogP contribution >= 0.6 is 23.2 Å². The van der Waals surface area contributed by atoms with Crippen molar-refractivity contribution in [2.45, 2.75) is 38.0 Å². The Bertz CT molecular complexity index is 616. The summed E-state index contributed by atoms with van der Waals surface area (Å²) in [6.07, 6.45) is 8.04. The molecule has 0 atom stereocenters. The van der Waals surface area contributed by atoms with Crippen LogP contribution in [-0.4, -0.2) is 9.78 Å². The summed E-state index contributed by atoms with van der Waals surface area (Å²) in [6, 6.07) is 5.39. The molecular weight excluding hydrogens is 293 g/mol. The van der Waals surface area contributed by atoms with Crippen molar-refractivity contribution in [2.75, 3.05) is 5.73 Å². The predicted octanol–water partition coefficient (Wildman–Crippen LogP) is 4.81. The van der Waals surface area contributed by atoms with Crippen molar-refractivity contribution < 1.29 is 0 Å². The van der Waals surface area contributed by atoms with Gasteiger partial charge in [-0.15, -0.1) is 0 Å². The van der Waals surface area contributed by atoms with Gasteiger partial charge in [0.15, 0.2) is 0 Å². The lowest BCUT2D eigenvalue weighted by molar-refractivity contribution is 0.435. The van der Waals surface area contributed by atoms with E-state index >= 15 is 0 Å². The lowest BCUT2D eigenvalue weighted by Crippen LogP contribution is -2.07. The van der Waals surface area contributed by atoms with E-state index < -0.39 is 0 Å². The standard InChI is InChI=1S/C15H17Cl2N3/c16-11-6-7-14(12(17)8-11)20-9-13(18)15(19-20)10-4-2-1-3-5-10/h6-10H,1-5,18H2. The number of aromatic nitrogens is 2. The van der Waals surface area contributed by atoms with E-state index in [9.17, 15) is 0 Å². The van der Waals surface area contributed by atoms with Gasteiger partial charge in [0.05, 0.1) is 28.3 Å². The molecule has 1 aliphatic carbocycles. The molecule has 3 nitrogen and oxygen atoms in total. The zero-order chi connectivity index (χ0) is 14.1. The van der Waals surface area contributed by atoms with Gasteiger partial charge in [-0.1, -0.05) is 42.5 Å². The molecule has 1 aliphatic rings. The van der Waals surface area contributed by atoms with Crippen molar-refractivity contribution >= 4 is 28.9 Å². The largest absolute Gasteiger partial charge is 0.396 e. The van der Waals surface area contributed by atoms with Gasteiger partial charge in [0.25, 0.3) is 0 Å². The van der Waals surface area contributed by atoms with Crippen molar-refractivity contribution in [2.24, 2.45) is 0 Å². The molecule has 3 rings (SSSR count). The molecule has 0 spiro atoms. The fraction of sp³-hybridized carbons (Fsp3) is 0.400. The van der Waals surface area contributed by atoms with Crippen LogP contribution in [0.5, 0.6) is 0 Å². The second-order valence-corrected chi connectivity index (χ2v) is 6.19. The molecule has 0 saturated heterocycles. The van der Waals surface area contributed by atoms with Gasteiger partial charge in [0, 0.05) is 10.9 Å². The van der Waals surface area contributed by atoms with E-state index in [1.807, 2.05) is 12.3 Å². The molecule has 2 N–H and O–H groups in total. The van der Waals surface area contributed by atoms with Crippen molar-refractivity contribution in [3.63, 3.8) is 0 Å². The number of anilines is 1. The maximum absolute atomic E-state index is 6.23. The summed E-state index contributed by atoms with van der Waals surface area (Å²) in [5, 5.41) is 5.85. The molecule has 1 aromatic carbocycles. The smallest absolute Gasteiger partial charge is 0.0889 e. The quantitative estimate of drug-likeness (QED) is 0.865. The zero-order valence-electron chi connectivity index (χ0n) is 11.1.